The van der Waals surface area contributed by atoms with Crippen molar-refractivity contribution in [2.45, 2.75) is 0 Å². The van der Waals surface area contributed by atoms with Crippen LogP contribution in [0.25, 0.3) is 11.3 Å². The number of hydrogen-bond donors (Lipinski definition) is 1. The number of hydrogen-bond acceptors (Lipinski definition) is 3. The molecule has 0 fully saturated rings. The maximum Gasteiger partial charge on any atom is 0.272 e. The fraction of sp³-hybridized carbons (Fsp3) is 0. The lowest BCUT2D eigenvalue weighted by molar-refractivity contribution is 0.0954. The van der Waals surface area contributed by atoms with Gasteiger partial charge in [-0.3, -0.25) is 4.79 Å². The molecule has 1 aromatic heterocycles. The molecule has 0 spiro atoms. The summed E-state index contributed by atoms with van der Waals surface area (Å²) >= 11 is 5.52. The van der Waals surface area contributed by atoms with Crippen molar-refractivity contribution in [2.24, 2.45) is 5.10 Å². The minimum atomic E-state index is -0.254. The topological polar surface area (TPSA) is 54.6 Å². The van der Waals surface area contributed by atoms with E-state index < -0.39 is 0 Å². The Hall–Kier alpha value is -1.93. The van der Waals surface area contributed by atoms with Crippen LogP contribution in [0, 0.1) is 3.57 Å². The van der Waals surface area contributed by atoms with E-state index in [9.17, 15) is 4.79 Å². The Kier molecular flexibility index (Phi) is 5.47. The number of benzene rings is 2. The Bertz CT molecular complexity index is 888. The van der Waals surface area contributed by atoms with Crippen LogP contribution >= 0.6 is 38.5 Å². The van der Waals surface area contributed by atoms with Gasteiger partial charge in [0, 0.05) is 13.6 Å². The van der Waals surface area contributed by atoms with Gasteiger partial charge in [-0.25, -0.2) is 5.43 Å². The SMILES string of the molecule is O=C(N/N=C\c1ccc(-c2ccc(Br)cc2)o1)c1ccccc1I. The van der Waals surface area contributed by atoms with Crippen LogP contribution in [0.2, 0.25) is 0 Å². The number of hydrazone groups is 1. The molecule has 1 heterocycles. The second kappa shape index (κ2) is 7.76. The normalized spacial score (nSPS) is 10.9. The third-order valence-electron chi connectivity index (χ3n) is 3.23. The molecule has 4 nitrogen and oxygen atoms in total. The van der Waals surface area contributed by atoms with E-state index in [-0.39, 0.29) is 5.91 Å². The highest BCUT2D eigenvalue weighted by Gasteiger charge is 2.08. The number of carbonyl (C=O) groups excluding carboxylic acids is 1. The molecule has 3 aromatic rings. The molecule has 120 valence electrons. The molecule has 24 heavy (non-hydrogen) atoms. The summed E-state index contributed by atoms with van der Waals surface area (Å²) in [6.45, 7) is 0. The molecule has 0 atom stereocenters. The quantitative estimate of drug-likeness (QED) is 0.312. The Morgan fingerprint density at radius 3 is 2.58 bits per heavy atom. The van der Waals surface area contributed by atoms with Crippen LogP contribution in [0.1, 0.15) is 16.1 Å². The first kappa shape index (κ1) is 16.9. The van der Waals surface area contributed by atoms with Crippen LogP contribution in [-0.4, -0.2) is 12.1 Å². The van der Waals surface area contributed by atoms with Crippen LogP contribution in [0.3, 0.4) is 0 Å². The fourth-order valence-electron chi connectivity index (χ4n) is 2.05. The van der Waals surface area contributed by atoms with E-state index in [0.717, 1.165) is 19.4 Å². The molecule has 0 saturated heterocycles. The predicted octanol–water partition coefficient (Wildman–Crippen LogP) is 5.08. The number of nitrogens with one attached hydrogen (secondary N) is 1. The minimum Gasteiger partial charge on any atom is -0.455 e. The van der Waals surface area contributed by atoms with Crippen LogP contribution in [0.4, 0.5) is 0 Å². The fourth-order valence-corrected chi connectivity index (χ4v) is 2.95. The van der Waals surface area contributed by atoms with Gasteiger partial charge in [0.15, 0.2) is 0 Å². The summed E-state index contributed by atoms with van der Waals surface area (Å²) in [5.74, 6) is 1.06. The molecule has 0 bridgehead atoms. The molecule has 3 rings (SSSR count). The summed E-state index contributed by atoms with van der Waals surface area (Å²) < 4.78 is 7.59. The highest BCUT2D eigenvalue weighted by molar-refractivity contribution is 14.1. The maximum atomic E-state index is 12.0. The molecule has 1 amide bonds. The second-order valence-electron chi connectivity index (χ2n) is 4.89. The van der Waals surface area contributed by atoms with Crippen molar-refractivity contribution in [3.05, 3.63) is 80.0 Å². The summed E-state index contributed by atoms with van der Waals surface area (Å²) in [5, 5.41) is 3.95. The summed E-state index contributed by atoms with van der Waals surface area (Å²) in [6.07, 6.45) is 1.48. The Morgan fingerprint density at radius 2 is 1.83 bits per heavy atom. The van der Waals surface area contributed by atoms with Gasteiger partial charge in [-0.2, -0.15) is 5.10 Å². The van der Waals surface area contributed by atoms with Gasteiger partial charge in [0.25, 0.3) is 5.91 Å². The molecule has 0 saturated carbocycles. The molecule has 2 aromatic carbocycles. The Labute approximate surface area is 161 Å². The van der Waals surface area contributed by atoms with E-state index in [4.69, 9.17) is 4.42 Å². The molecule has 0 aliphatic heterocycles. The first-order valence-corrected chi connectivity index (χ1v) is 8.94. The largest absolute Gasteiger partial charge is 0.455 e. The Balaban J connectivity index is 1.66. The molecule has 6 heteroatoms. The summed E-state index contributed by atoms with van der Waals surface area (Å²) in [4.78, 5) is 12.0. The molecule has 0 aliphatic rings. The van der Waals surface area contributed by atoms with E-state index in [0.29, 0.717) is 11.3 Å². The lowest BCUT2D eigenvalue weighted by Crippen LogP contribution is -2.18. The molecule has 0 radical (unpaired) electrons. The highest BCUT2D eigenvalue weighted by atomic mass is 127. The van der Waals surface area contributed by atoms with Crippen molar-refractivity contribution < 1.29 is 9.21 Å². The maximum absolute atomic E-state index is 12.0. The standard InChI is InChI=1S/C18H12BrIN2O2/c19-13-7-5-12(6-8-13)17-10-9-14(24-17)11-21-22-18(23)15-3-1-2-4-16(15)20/h1-11H,(H,22,23)/b21-11-. The number of rotatable bonds is 4. The Morgan fingerprint density at radius 1 is 1.08 bits per heavy atom. The smallest absolute Gasteiger partial charge is 0.272 e. The summed E-state index contributed by atoms with van der Waals surface area (Å²) in [6, 6.07) is 18.8. The first-order valence-electron chi connectivity index (χ1n) is 7.07. The van der Waals surface area contributed by atoms with Gasteiger partial charge in [-0.15, -0.1) is 0 Å². The van der Waals surface area contributed by atoms with Gasteiger partial charge in [0.05, 0.1) is 11.8 Å². The van der Waals surface area contributed by atoms with Gasteiger partial charge in [0.2, 0.25) is 0 Å². The van der Waals surface area contributed by atoms with Crippen molar-refractivity contribution in [1.29, 1.82) is 0 Å². The minimum absolute atomic E-state index is 0.254. The van der Waals surface area contributed by atoms with Crippen molar-refractivity contribution in [1.82, 2.24) is 5.43 Å². The van der Waals surface area contributed by atoms with Crippen LogP contribution in [-0.2, 0) is 0 Å². The van der Waals surface area contributed by atoms with Crippen LogP contribution < -0.4 is 5.43 Å². The monoisotopic (exact) mass is 494 g/mol. The third kappa shape index (κ3) is 4.12. The lowest BCUT2D eigenvalue weighted by atomic mass is 10.2. The van der Waals surface area contributed by atoms with E-state index in [1.165, 1.54) is 6.21 Å². The van der Waals surface area contributed by atoms with Crippen molar-refractivity contribution in [3.8, 4) is 11.3 Å². The second-order valence-corrected chi connectivity index (χ2v) is 6.97. The van der Waals surface area contributed by atoms with E-state index in [1.807, 2.05) is 48.5 Å². The first-order chi connectivity index (χ1) is 11.6. The molecule has 0 aliphatic carbocycles. The van der Waals surface area contributed by atoms with Crippen molar-refractivity contribution in [2.75, 3.05) is 0 Å². The number of furan rings is 1. The van der Waals surface area contributed by atoms with Crippen molar-refractivity contribution in [3.63, 3.8) is 0 Å². The van der Waals surface area contributed by atoms with Crippen LogP contribution in [0.15, 0.2) is 74.7 Å². The molecular weight excluding hydrogens is 483 g/mol. The van der Waals surface area contributed by atoms with Gasteiger partial charge in [-0.05, 0) is 59.0 Å². The number of nitrogens with zero attached hydrogens (tertiary/aromatic N) is 1. The number of carbonyl (C=O) groups is 1. The van der Waals surface area contributed by atoms with E-state index in [1.54, 1.807) is 12.1 Å². The van der Waals surface area contributed by atoms with E-state index >= 15 is 0 Å². The summed E-state index contributed by atoms with van der Waals surface area (Å²) in [7, 11) is 0. The number of halogens is 2. The molecular formula is C18H12BrIN2O2. The average Bonchev–Trinajstić information content (AvgIpc) is 3.04. The van der Waals surface area contributed by atoms with Crippen molar-refractivity contribution >= 4 is 50.6 Å². The van der Waals surface area contributed by atoms with Gasteiger partial charge in [-0.1, -0.05) is 40.2 Å². The van der Waals surface area contributed by atoms with Gasteiger partial charge >= 0.3 is 0 Å². The van der Waals surface area contributed by atoms with Crippen LogP contribution in [0.5, 0.6) is 0 Å². The van der Waals surface area contributed by atoms with Gasteiger partial charge < -0.3 is 4.42 Å². The van der Waals surface area contributed by atoms with E-state index in [2.05, 4.69) is 49.0 Å². The average molecular weight is 495 g/mol. The molecule has 1 N–H and O–H groups in total. The highest BCUT2D eigenvalue weighted by Crippen LogP contribution is 2.23. The zero-order valence-corrected chi connectivity index (χ0v) is 16.1. The predicted molar refractivity (Wildman–Crippen MR) is 106 cm³/mol. The third-order valence-corrected chi connectivity index (χ3v) is 4.70. The summed E-state index contributed by atoms with van der Waals surface area (Å²) in [5.41, 5.74) is 4.07. The number of amides is 1. The molecule has 0 unspecified atom stereocenters. The lowest BCUT2D eigenvalue weighted by Gasteiger charge is -2.01. The van der Waals surface area contributed by atoms with Gasteiger partial charge in [0.1, 0.15) is 11.5 Å². The zero-order valence-electron chi connectivity index (χ0n) is 12.4. The zero-order chi connectivity index (χ0) is 16.9.